The average Bonchev–Trinajstić information content (AvgIpc) is 2.29. The van der Waals surface area contributed by atoms with Gasteiger partial charge in [-0.15, -0.1) is 0 Å². The molecule has 0 fully saturated rings. The van der Waals surface area contributed by atoms with Crippen molar-refractivity contribution in [1.29, 1.82) is 0 Å². The first kappa shape index (κ1) is 17.0. The Morgan fingerprint density at radius 1 is 1.22 bits per heavy atom. The minimum atomic E-state index is -0.967. The third kappa shape index (κ3) is 9.04. The highest BCUT2D eigenvalue weighted by Gasteiger charge is 2.19. The van der Waals surface area contributed by atoms with Crippen LogP contribution in [-0.4, -0.2) is 40.8 Å². The number of hydrogen-bond donors (Lipinski definition) is 2. The van der Waals surface area contributed by atoms with Crippen molar-refractivity contribution in [3.8, 4) is 0 Å². The predicted octanol–water partition coefficient (Wildman–Crippen LogP) is 1.46. The summed E-state index contributed by atoms with van der Waals surface area (Å²) in [6.07, 6.45) is 4.69. The molecule has 0 heterocycles. The highest BCUT2D eigenvalue weighted by molar-refractivity contribution is 7.99. The Morgan fingerprint density at radius 2 is 1.89 bits per heavy atom. The maximum atomic E-state index is 11.6. The van der Waals surface area contributed by atoms with Gasteiger partial charge in [-0.2, -0.15) is 11.8 Å². The summed E-state index contributed by atoms with van der Waals surface area (Å²) in [6, 6.07) is 0. The molecule has 0 spiro atoms. The van der Waals surface area contributed by atoms with Gasteiger partial charge in [0.05, 0.1) is 11.7 Å². The molecule has 0 aromatic carbocycles. The SMILES string of the molecule is CSC(CC(=O)O)C(=O)NCCCCCC(C)=O. The lowest BCUT2D eigenvalue weighted by Crippen LogP contribution is -2.34. The number of aliphatic carboxylic acids is 1. The van der Waals surface area contributed by atoms with Crippen LogP contribution in [0.4, 0.5) is 0 Å². The van der Waals surface area contributed by atoms with Gasteiger partial charge < -0.3 is 15.2 Å². The van der Waals surface area contributed by atoms with Gasteiger partial charge >= 0.3 is 5.97 Å². The largest absolute Gasteiger partial charge is 0.481 e. The van der Waals surface area contributed by atoms with E-state index in [1.165, 1.54) is 11.8 Å². The summed E-state index contributed by atoms with van der Waals surface area (Å²) in [5.74, 6) is -1.01. The molecule has 0 saturated heterocycles. The van der Waals surface area contributed by atoms with E-state index in [-0.39, 0.29) is 18.1 Å². The van der Waals surface area contributed by atoms with Gasteiger partial charge in [0.15, 0.2) is 0 Å². The minimum absolute atomic E-state index is 0.155. The van der Waals surface area contributed by atoms with E-state index in [2.05, 4.69) is 5.32 Å². The number of unbranched alkanes of at least 4 members (excludes halogenated alkanes) is 2. The molecule has 0 aromatic heterocycles. The first-order chi connectivity index (χ1) is 8.47. The normalized spacial score (nSPS) is 11.9. The van der Waals surface area contributed by atoms with Crippen molar-refractivity contribution < 1.29 is 19.5 Å². The lowest BCUT2D eigenvalue weighted by atomic mass is 10.1. The maximum Gasteiger partial charge on any atom is 0.305 e. The molecule has 1 unspecified atom stereocenters. The molecule has 0 saturated carbocycles. The summed E-state index contributed by atoms with van der Waals surface area (Å²) in [6.45, 7) is 2.10. The number of carbonyl (C=O) groups excluding carboxylic acids is 2. The number of thioether (sulfide) groups is 1. The molecule has 0 aliphatic carbocycles. The minimum Gasteiger partial charge on any atom is -0.481 e. The molecule has 104 valence electrons. The Bertz CT molecular complexity index is 294. The molecule has 0 aliphatic rings. The van der Waals surface area contributed by atoms with E-state index in [1.807, 2.05) is 0 Å². The van der Waals surface area contributed by atoms with E-state index in [0.717, 1.165) is 19.3 Å². The first-order valence-corrected chi connectivity index (χ1v) is 7.28. The quantitative estimate of drug-likeness (QED) is 0.590. The van der Waals surface area contributed by atoms with E-state index in [1.54, 1.807) is 13.2 Å². The first-order valence-electron chi connectivity index (χ1n) is 5.99. The number of carbonyl (C=O) groups is 3. The average molecular weight is 275 g/mol. The molecule has 1 atom stereocenters. The number of rotatable bonds is 10. The van der Waals surface area contributed by atoms with Crippen LogP contribution in [0.5, 0.6) is 0 Å². The zero-order chi connectivity index (χ0) is 14.0. The number of Topliss-reactive ketones (excluding diaryl/α,β-unsaturated/α-hetero) is 1. The molecule has 0 aliphatic heterocycles. The monoisotopic (exact) mass is 275 g/mol. The van der Waals surface area contributed by atoms with Crippen molar-refractivity contribution in [2.24, 2.45) is 0 Å². The van der Waals surface area contributed by atoms with Crippen LogP contribution < -0.4 is 5.32 Å². The Balaban J connectivity index is 3.68. The Kier molecular flexibility index (Phi) is 9.36. The maximum absolute atomic E-state index is 11.6. The highest BCUT2D eigenvalue weighted by Crippen LogP contribution is 2.11. The number of carboxylic acids is 1. The van der Waals surface area contributed by atoms with Gasteiger partial charge in [0.2, 0.25) is 5.91 Å². The van der Waals surface area contributed by atoms with Crippen LogP contribution >= 0.6 is 11.8 Å². The van der Waals surface area contributed by atoms with E-state index in [0.29, 0.717) is 13.0 Å². The molecular weight excluding hydrogens is 254 g/mol. The fourth-order valence-electron chi connectivity index (χ4n) is 1.44. The van der Waals surface area contributed by atoms with Crippen LogP contribution in [-0.2, 0) is 14.4 Å². The van der Waals surface area contributed by atoms with Crippen molar-refractivity contribution in [2.75, 3.05) is 12.8 Å². The molecular formula is C12H21NO4S. The van der Waals surface area contributed by atoms with Crippen LogP contribution in [0.3, 0.4) is 0 Å². The van der Waals surface area contributed by atoms with E-state index < -0.39 is 11.2 Å². The number of amides is 1. The molecule has 0 radical (unpaired) electrons. The zero-order valence-corrected chi connectivity index (χ0v) is 11.7. The zero-order valence-electron chi connectivity index (χ0n) is 10.9. The lowest BCUT2D eigenvalue weighted by molar-refractivity contribution is -0.138. The van der Waals surface area contributed by atoms with Crippen molar-refractivity contribution in [2.45, 2.75) is 44.3 Å². The molecule has 6 heteroatoms. The van der Waals surface area contributed by atoms with Crippen LogP contribution in [0, 0.1) is 0 Å². The molecule has 0 aromatic rings. The van der Waals surface area contributed by atoms with Gasteiger partial charge in [0, 0.05) is 13.0 Å². The van der Waals surface area contributed by atoms with Crippen LogP contribution in [0.25, 0.3) is 0 Å². The fourth-order valence-corrected chi connectivity index (χ4v) is 2.05. The molecule has 18 heavy (non-hydrogen) atoms. The number of nitrogens with one attached hydrogen (secondary N) is 1. The second-order valence-electron chi connectivity index (χ2n) is 4.13. The van der Waals surface area contributed by atoms with Crippen molar-refractivity contribution in [1.82, 2.24) is 5.32 Å². The summed E-state index contributed by atoms with van der Waals surface area (Å²) in [5.41, 5.74) is 0. The van der Waals surface area contributed by atoms with Gasteiger partial charge in [-0.3, -0.25) is 9.59 Å². The van der Waals surface area contributed by atoms with E-state index >= 15 is 0 Å². The summed E-state index contributed by atoms with van der Waals surface area (Å²) in [5, 5.41) is 10.8. The van der Waals surface area contributed by atoms with Gasteiger partial charge in [0.25, 0.3) is 0 Å². The summed E-state index contributed by atoms with van der Waals surface area (Å²) in [7, 11) is 0. The Morgan fingerprint density at radius 3 is 2.39 bits per heavy atom. The van der Waals surface area contributed by atoms with Crippen LogP contribution in [0.15, 0.2) is 0 Å². The summed E-state index contributed by atoms with van der Waals surface area (Å²) in [4.78, 5) is 32.8. The summed E-state index contributed by atoms with van der Waals surface area (Å²) >= 11 is 1.24. The summed E-state index contributed by atoms with van der Waals surface area (Å²) < 4.78 is 0. The van der Waals surface area contributed by atoms with Crippen molar-refractivity contribution >= 4 is 29.4 Å². The molecule has 0 bridgehead atoms. The fraction of sp³-hybridized carbons (Fsp3) is 0.750. The highest BCUT2D eigenvalue weighted by atomic mass is 32.2. The number of carboxylic acid groups (broad SMARTS) is 1. The molecule has 0 rings (SSSR count). The topological polar surface area (TPSA) is 83.5 Å². The molecule has 1 amide bonds. The third-order valence-corrected chi connectivity index (χ3v) is 3.39. The van der Waals surface area contributed by atoms with Gasteiger partial charge in [-0.05, 0) is 26.0 Å². The second kappa shape index (κ2) is 9.94. The van der Waals surface area contributed by atoms with Crippen LogP contribution in [0.2, 0.25) is 0 Å². The van der Waals surface area contributed by atoms with E-state index in [4.69, 9.17) is 5.11 Å². The van der Waals surface area contributed by atoms with Crippen LogP contribution in [0.1, 0.15) is 39.0 Å². The lowest BCUT2D eigenvalue weighted by Gasteiger charge is -2.12. The van der Waals surface area contributed by atoms with Crippen molar-refractivity contribution in [3.05, 3.63) is 0 Å². The Labute approximate surface area is 112 Å². The smallest absolute Gasteiger partial charge is 0.305 e. The van der Waals surface area contributed by atoms with Gasteiger partial charge in [0.1, 0.15) is 5.78 Å². The second-order valence-corrected chi connectivity index (χ2v) is 5.17. The standard InChI is InChI=1S/C12H21NO4S/c1-9(14)6-4-3-5-7-13-12(17)10(18-2)8-11(15)16/h10H,3-8H2,1-2H3,(H,13,17)(H,15,16). The number of ketones is 1. The number of hydrogen-bond acceptors (Lipinski definition) is 4. The third-order valence-electron chi connectivity index (χ3n) is 2.44. The molecule has 5 nitrogen and oxygen atoms in total. The van der Waals surface area contributed by atoms with E-state index in [9.17, 15) is 14.4 Å². The molecule has 2 N–H and O–H groups in total. The predicted molar refractivity (Wildman–Crippen MR) is 71.7 cm³/mol. The van der Waals surface area contributed by atoms with Gasteiger partial charge in [-0.25, -0.2) is 0 Å². The van der Waals surface area contributed by atoms with Crippen molar-refractivity contribution in [3.63, 3.8) is 0 Å². The van der Waals surface area contributed by atoms with Gasteiger partial charge in [-0.1, -0.05) is 6.42 Å². The Hall–Kier alpha value is -1.04.